The molecule has 0 spiro atoms. The molecule has 2 aromatic carbocycles. The molecule has 2 aliphatic rings. The van der Waals surface area contributed by atoms with Gasteiger partial charge in [-0.2, -0.15) is 13.2 Å². The number of alkyl halides is 3. The fourth-order valence-corrected chi connectivity index (χ4v) is 7.46. The quantitative estimate of drug-likeness (QED) is 0.290. The minimum absolute atomic E-state index is 0.192. The molecule has 0 amide bonds. The molecule has 4 rings (SSSR count). The summed E-state index contributed by atoms with van der Waals surface area (Å²) in [4.78, 5) is 0. The van der Waals surface area contributed by atoms with Crippen molar-refractivity contribution in [1.29, 1.82) is 0 Å². The zero-order chi connectivity index (χ0) is 23.4. The van der Waals surface area contributed by atoms with Crippen LogP contribution < -0.4 is 0 Å². The molecule has 0 nitrogen and oxygen atoms in total. The third-order valence-electron chi connectivity index (χ3n) is 8.43. The Morgan fingerprint density at radius 2 is 1.36 bits per heavy atom. The summed E-state index contributed by atoms with van der Waals surface area (Å²) in [5.74, 6) is 1.54. The van der Waals surface area contributed by atoms with E-state index in [0.29, 0.717) is 5.56 Å². The molecule has 5 heteroatoms. The Labute approximate surface area is 198 Å². The van der Waals surface area contributed by atoms with Crippen molar-refractivity contribution in [3.8, 4) is 11.1 Å². The van der Waals surface area contributed by atoms with Gasteiger partial charge in [0.05, 0.1) is 5.56 Å². The molecule has 0 aromatic heterocycles. The molecule has 180 valence electrons. The third kappa shape index (κ3) is 6.29. The van der Waals surface area contributed by atoms with E-state index in [1.165, 1.54) is 69.4 Å². The van der Waals surface area contributed by atoms with E-state index in [1.807, 2.05) is 24.3 Å². The molecule has 0 heterocycles. The largest absolute Gasteiger partial charge is 0.419 e. The summed E-state index contributed by atoms with van der Waals surface area (Å²) < 4.78 is 52.2. The summed E-state index contributed by atoms with van der Waals surface area (Å²) in [6.45, 7) is 2.47. The van der Waals surface area contributed by atoms with Crippen LogP contribution in [0, 0.1) is 23.6 Å². The molecule has 0 bridgehead atoms. The van der Waals surface area contributed by atoms with E-state index in [2.05, 4.69) is 6.55 Å². The van der Waals surface area contributed by atoms with E-state index in [4.69, 9.17) is 0 Å². The highest BCUT2D eigenvalue weighted by molar-refractivity contribution is 6.35. The van der Waals surface area contributed by atoms with Crippen LogP contribution in [0.1, 0.15) is 68.9 Å². The number of halogens is 4. The second-order valence-electron chi connectivity index (χ2n) is 10.4. The zero-order valence-electron chi connectivity index (χ0n) is 19.6. The van der Waals surface area contributed by atoms with Gasteiger partial charge in [0.15, 0.2) is 0 Å². The summed E-state index contributed by atoms with van der Waals surface area (Å²) in [5, 5.41) is 0. The van der Waals surface area contributed by atoms with E-state index in [9.17, 15) is 17.6 Å². The van der Waals surface area contributed by atoms with Crippen LogP contribution in [0.15, 0.2) is 42.5 Å². The minimum Gasteiger partial charge on any atom is -0.206 e. The maximum atomic E-state index is 13.9. The van der Waals surface area contributed by atoms with Crippen LogP contribution in [0.25, 0.3) is 11.1 Å². The number of benzene rings is 2. The van der Waals surface area contributed by atoms with Gasteiger partial charge >= 0.3 is 6.18 Å². The SMILES string of the molecule is C[SiH2][C@H]1CC[C@H](C2CCC(CCc3ccc(-c4ccc(C(F)(F)F)c(F)c4)cc3)CC2)CC1. The van der Waals surface area contributed by atoms with Gasteiger partial charge in [-0.3, -0.25) is 0 Å². The molecule has 0 saturated heterocycles. The fraction of sp³-hybridized carbons (Fsp3) is 0.571. The fourth-order valence-electron chi connectivity index (χ4n) is 6.18. The molecule has 0 radical (unpaired) electrons. The average Bonchev–Trinajstić information content (AvgIpc) is 2.82. The van der Waals surface area contributed by atoms with Crippen molar-refractivity contribution >= 4 is 9.52 Å². The van der Waals surface area contributed by atoms with E-state index in [0.717, 1.165) is 47.4 Å². The lowest BCUT2D eigenvalue weighted by atomic mass is 9.70. The van der Waals surface area contributed by atoms with Crippen LogP contribution in [-0.2, 0) is 12.6 Å². The van der Waals surface area contributed by atoms with E-state index in [1.54, 1.807) is 0 Å². The molecule has 2 saturated carbocycles. The summed E-state index contributed by atoms with van der Waals surface area (Å²) in [7, 11) is 0.192. The first-order valence-corrected chi connectivity index (χ1v) is 15.0. The second-order valence-corrected chi connectivity index (χ2v) is 12.4. The molecule has 0 N–H and O–H groups in total. The third-order valence-corrected chi connectivity index (χ3v) is 10.4. The van der Waals surface area contributed by atoms with Crippen molar-refractivity contribution in [3.05, 3.63) is 59.4 Å². The van der Waals surface area contributed by atoms with Crippen LogP contribution in [0.4, 0.5) is 17.6 Å². The Morgan fingerprint density at radius 1 is 0.788 bits per heavy atom. The van der Waals surface area contributed by atoms with Gasteiger partial charge in [0.1, 0.15) is 5.82 Å². The molecular formula is C28H36F4Si. The first kappa shape index (κ1) is 24.5. The Bertz CT molecular complexity index is 889. The smallest absolute Gasteiger partial charge is 0.206 e. The Kier molecular flexibility index (Phi) is 7.98. The topological polar surface area (TPSA) is 0 Å². The lowest BCUT2D eigenvalue weighted by molar-refractivity contribution is -0.139. The first-order chi connectivity index (χ1) is 15.8. The van der Waals surface area contributed by atoms with Gasteiger partial charge in [0.2, 0.25) is 0 Å². The molecule has 2 fully saturated rings. The Hall–Kier alpha value is -1.62. The highest BCUT2D eigenvalue weighted by Gasteiger charge is 2.34. The van der Waals surface area contributed by atoms with Gasteiger partial charge < -0.3 is 0 Å². The predicted octanol–water partition coefficient (Wildman–Crippen LogP) is 8.45. The van der Waals surface area contributed by atoms with Crippen molar-refractivity contribution in [1.82, 2.24) is 0 Å². The summed E-state index contributed by atoms with van der Waals surface area (Å²) in [5.41, 5.74) is 2.36. The standard InChI is InChI=1S/C28H36F4Si/c1-33-25-15-12-22(13-16-25)21-8-4-19(5-9-21)2-3-20-6-10-23(11-7-20)24-14-17-26(27(29)18-24)28(30,31)32/h6-7,10-11,14,17-19,21-22,25H,2-5,8-9,12-13,15-16,33H2,1H3/t19?,21?,22-,25-. The molecule has 0 aliphatic heterocycles. The number of rotatable bonds is 6. The van der Waals surface area contributed by atoms with Crippen molar-refractivity contribution < 1.29 is 17.6 Å². The normalized spacial score (nSPS) is 26.7. The monoisotopic (exact) mass is 476 g/mol. The van der Waals surface area contributed by atoms with Crippen LogP contribution >= 0.6 is 0 Å². The highest BCUT2D eigenvalue weighted by Crippen LogP contribution is 2.43. The van der Waals surface area contributed by atoms with E-state index in [-0.39, 0.29) is 9.52 Å². The zero-order valence-corrected chi connectivity index (χ0v) is 21.1. The van der Waals surface area contributed by atoms with E-state index < -0.39 is 17.6 Å². The van der Waals surface area contributed by atoms with Gasteiger partial charge in [-0.25, -0.2) is 4.39 Å². The average molecular weight is 477 g/mol. The lowest BCUT2D eigenvalue weighted by Gasteiger charge is -2.37. The number of hydrogen-bond acceptors (Lipinski definition) is 0. The van der Waals surface area contributed by atoms with Gasteiger partial charge in [-0.15, -0.1) is 0 Å². The summed E-state index contributed by atoms with van der Waals surface area (Å²) >= 11 is 0. The van der Waals surface area contributed by atoms with Crippen molar-refractivity contribution in [3.63, 3.8) is 0 Å². The molecule has 0 atom stereocenters. The van der Waals surface area contributed by atoms with Gasteiger partial charge in [-0.1, -0.05) is 80.9 Å². The van der Waals surface area contributed by atoms with Crippen molar-refractivity contribution in [2.75, 3.05) is 0 Å². The van der Waals surface area contributed by atoms with E-state index >= 15 is 0 Å². The van der Waals surface area contributed by atoms with Gasteiger partial charge in [0, 0.05) is 9.52 Å². The lowest BCUT2D eigenvalue weighted by Crippen LogP contribution is -2.25. The Balaban J connectivity index is 1.25. The second kappa shape index (κ2) is 10.8. The number of hydrogen-bond donors (Lipinski definition) is 0. The van der Waals surface area contributed by atoms with Crippen LogP contribution in [0.3, 0.4) is 0 Å². The molecule has 0 unspecified atom stereocenters. The van der Waals surface area contributed by atoms with Crippen LogP contribution in [0.5, 0.6) is 0 Å². The Morgan fingerprint density at radius 3 is 1.91 bits per heavy atom. The van der Waals surface area contributed by atoms with Crippen LogP contribution in [-0.4, -0.2) is 9.52 Å². The summed E-state index contributed by atoms with van der Waals surface area (Å²) in [6, 6.07) is 11.0. The summed E-state index contributed by atoms with van der Waals surface area (Å²) in [6.07, 6.45) is 9.06. The maximum absolute atomic E-state index is 13.9. The molecule has 33 heavy (non-hydrogen) atoms. The van der Waals surface area contributed by atoms with Gasteiger partial charge in [0.25, 0.3) is 0 Å². The minimum atomic E-state index is -4.67. The molecule has 2 aliphatic carbocycles. The van der Waals surface area contributed by atoms with Gasteiger partial charge in [-0.05, 0) is 72.3 Å². The van der Waals surface area contributed by atoms with Crippen LogP contribution in [0.2, 0.25) is 12.1 Å². The molecule has 2 aromatic rings. The number of aryl methyl sites for hydroxylation is 1. The van der Waals surface area contributed by atoms with Crippen molar-refractivity contribution in [2.24, 2.45) is 17.8 Å². The van der Waals surface area contributed by atoms with Crippen molar-refractivity contribution in [2.45, 2.75) is 82.5 Å². The highest BCUT2D eigenvalue weighted by atomic mass is 28.2. The molecular weight excluding hydrogens is 440 g/mol. The maximum Gasteiger partial charge on any atom is 0.419 e. The first-order valence-electron chi connectivity index (χ1n) is 12.8. The predicted molar refractivity (Wildman–Crippen MR) is 131 cm³/mol.